The Morgan fingerprint density at radius 1 is 0.565 bits per heavy atom. The van der Waals surface area contributed by atoms with Crippen molar-refractivity contribution in [2.75, 3.05) is 4.90 Å². The number of anilines is 1. The third kappa shape index (κ3) is 3.45. The smallest absolute Gasteiger partial charge is 0.266 e. The molecule has 216 valence electrons. The number of aromatic nitrogens is 2. The van der Waals surface area contributed by atoms with E-state index in [2.05, 4.69) is 88.9 Å². The summed E-state index contributed by atoms with van der Waals surface area (Å²) >= 11 is 0. The normalized spacial score (nSPS) is 12.9. The molecule has 0 unspecified atom stereocenters. The summed E-state index contributed by atoms with van der Waals surface area (Å²) in [6, 6.07) is 43.7. The van der Waals surface area contributed by atoms with Crippen LogP contribution in [0.3, 0.4) is 0 Å². The number of carbonyl (C=O) groups excluding carboxylic acids is 2. The van der Waals surface area contributed by atoms with Crippen LogP contribution in [0.1, 0.15) is 31.8 Å². The van der Waals surface area contributed by atoms with Crippen molar-refractivity contribution in [3.8, 4) is 17.4 Å². The number of amides is 2. The van der Waals surface area contributed by atoms with Gasteiger partial charge in [0.2, 0.25) is 0 Å². The van der Waals surface area contributed by atoms with Crippen molar-refractivity contribution in [3.63, 3.8) is 0 Å². The van der Waals surface area contributed by atoms with E-state index >= 15 is 0 Å². The van der Waals surface area contributed by atoms with Crippen LogP contribution in [-0.4, -0.2) is 20.9 Å². The quantitative estimate of drug-likeness (QED) is 0.192. The second-order valence-corrected chi connectivity index (χ2v) is 11.7. The summed E-state index contributed by atoms with van der Waals surface area (Å²) in [4.78, 5) is 28.7. The fraction of sp³-hybridized carbons (Fsp3) is 0.0250. The number of nitriles is 1. The molecule has 9 rings (SSSR count). The Labute approximate surface area is 263 Å². The van der Waals surface area contributed by atoms with Gasteiger partial charge in [-0.15, -0.1) is 0 Å². The number of aryl methyl sites for hydroxylation is 1. The number of rotatable bonds is 3. The van der Waals surface area contributed by atoms with E-state index in [0.29, 0.717) is 28.1 Å². The maximum Gasteiger partial charge on any atom is 0.266 e. The van der Waals surface area contributed by atoms with E-state index in [1.165, 1.54) is 10.5 Å². The fourth-order valence-electron chi connectivity index (χ4n) is 7.10. The number of nitrogens with zero attached hydrogens (tertiary/aromatic N) is 4. The van der Waals surface area contributed by atoms with E-state index in [1.54, 1.807) is 42.5 Å². The molecule has 0 saturated heterocycles. The highest BCUT2D eigenvalue weighted by Crippen LogP contribution is 2.44. The van der Waals surface area contributed by atoms with Gasteiger partial charge in [0.1, 0.15) is 0 Å². The lowest BCUT2D eigenvalue weighted by Gasteiger charge is -2.20. The molecule has 0 fully saturated rings. The number of carbonyl (C=O) groups is 2. The van der Waals surface area contributed by atoms with Gasteiger partial charge in [-0.05, 0) is 67.6 Å². The van der Waals surface area contributed by atoms with E-state index in [4.69, 9.17) is 0 Å². The van der Waals surface area contributed by atoms with Crippen LogP contribution in [0.15, 0.2) is 127 Å². The van der Waals surface area contributed by atoms with Gasteiger partial charge in [0.05, 0.1) is 56.2 Å². The number of hydrogen-bond acceptors (Lipinski definition) is 3. The molecule has 6 nitrogen and oxygen atoms in total. The third-order valence-electron chi connectivity index (χ3n) is 9.14. The molecule has 2 aromatic heterocycles. The second-order valence-electron chi connectivity index (χ2n) is 11.7. The molecule has 8 aromatic rings. The van der Waals surface area contributed by atoms with Crippen LogP contribution in [0.2, 0.25) is 0 Å². The highest BCUT2D eigenvalue weighted by Gasteiger charge is 2.38. The summed E-state index contributed by atoms with van der Waals surface area (Å²) in [5.41, 5.74) is 8.38. The Hall–Kier alpha value is -6.45. The van der Waals surface area contributed by atoms with Gasteiger partial charge in [-0.1, -0.05) is 72.3 Å². The van der Waals surface area contributed by atoms with Gasteiger partial charge in [0, 0.05) is 27.2 Å². The summed E-state index contributed by atoms with van der Waals surface area (Å²) in [6.07, 6.45) is 0. The van der Waals surface area contributed by atoms with Crippen LogP contribution in [0.4, 0.5) is 5.69 Å². The first-order valence-corrected chi connectivity index (χ1v) is 15.1. The van der Waals surface area contributed by atoms with Crippen LogP contribution in [0, 0.1) is 18.3 Å². The van der Waals surface area contributed by atoms with Crippen LogP contribution < -0.4 is 4.90 Å². The number of imide groups is 1. The number of para-hydroxylation sites is 2. The van der Waals surface area contributed by atoms with Crippen molar-refractivity contribution in [1.29, 1.82) is 5.26 Å². The summed E-state index contributed by atoms with van der Waals surface area (Å²) in [6.45, 7) is 2.09. The van der Waals surface area contributed by atoms with Gasteiger partial charge < -0.3 is 9.13 Å². The Morgan fingerprint density at radius 3 is 1.89 bits per heavy atom. The molecule has 0 aliphatic carbocycles. The Morgan fingerprint density at radius 2 is 1.20 bits per heavy atom. The fourth-order valence-corrected chi connectivity index (χ4v) is 7.10. The molecule has 1 aliphatic rings. The van der Waals surface area contributed by atoms with Crippen molar-refractivity contribution in [2.45, 2.75) is 6.92 Å². The Bertz CT molecular complexity index is 2620. The highest BCUT2D eigenvalue weighted by atomic mass is 16.2. The monoisotopic (exact) mass is 592 g/mol. The molecule has 0 saturated carbocycles. The molecule has 0 radical (unpaired) electrons. The van der Waals surface area contributed by atoms with E-state index in [1.807, 2.05) is 18.2 Å². The zero-order chi connectivity index (χ0) is 31.1. The third-order valence-corrected chi connectivity index (χ3v) is 9.14. The van der Waals surface area contributed by atoms with Gasteiger partial charge in [-0.25, -0.2) is 4.90 Å². The molecule has 1 aliphatic heterocycles. The van der Waals surface area contributed by atoms with Crippen LogP contribution in [0.5, 0.6) is 0 Å². The maximum absolute atomic E-state index is 13.7. The zero-order valence-electron chi connectivity index (χ0n) is 24.7. The first kappa shape index (κ1) is 26.0. The minimum absolute atomic E-state index is 0.370. The SMILES string of the molecule is Cc1ccc(-n2c3ccccc3c3ccc4c(c5ccccc5n4-c4cc(C#N)ccc4N4C(=O)c5ccccc5C4=O)c32)cc1. The molecule has 46 heavy (non-hydrogen) atoms. The average Bonchev–Trinajstić information content (AvgIpc) is 3.70. The minimum Gasteiger partial charge on any atom is -0.309 e. The standard InChI is InChI=1S/C40H24N4O2/c1-24-14-17-26(18-15-24)42-32-12-6-4-8-27(32)28-19-21-35-37(38(28)42)31-11-5-7-13-33(31)43(35)36-22-25(23-41)16-20-34(36)44-39(45)29-9-2-3-10-30(29)40(44)46/h2-22H,1H3. The lowest BCUT2D eigenvalue weighted by atomic mass is 10.1. The molecule has 0 N–H and O–H groups in total. The molecule has 2 amide bonds. The molecule has 6 heteroatoms. The Kier molecular flexibility index (Phi) is 5.38. The lowest BCUT2D eigenvalue weighted by Crippen LogP contribution is -2.30. The molecular formula is C40H24N4O2. The number of benzene rings is 6. The van der Waals surface area contributed by atoms with Crippen molar-refractivity contribution in [2.24, 2.45) is 0 Å². The average molecular weight is 593 g/mol. The van der Waals surface area contributed by atoms with E-state index in [-0.39, 0.29) is 11.8 Å². The molecule has 3 heterocycles. The Balaban J connectivity index is 1.42. The van der Waals surface area contributed by atoms with Gasteiger partial charge in [0.25, 0.3) is 11.8 Å². The number of fused-ring (bicyclic) bond motifs is 8. The lowest BCUT2D eigenvalue weighted by molar-refractivity contribution is 0.0926. The van der Waals surface area contributed by atoms with E-state index in [9.17, 15) is 14.9 Å². The predicted octanol–water partition coefficient (Wildman–Crippen LogP) is 8.86. The van der Waals surface area contributed by atoms with Gasteiger partial charge in [-0.2, -0.15) is 5.26 Å². The molecule has 0 atom stereocenters. The summed E-state index contributed by atoms with van der Waals surface area (Å²) in [7, 11) is 0. The van der Waals surface area contributed by atoms with Crippen molar-refractivity contribution < 1.29 is 9.59 Å². The van der Waals surface area contributed by atoms with Crippen LogP contribution in [0.25, 0.3) is 55.0 Å². The van der Waals surface area contributed by atoms with Crippen molar-refractivity contribution in [3.05, 3.63) is 150 Å². The minimum atomic E-state index is -0.380. The summed E-state index contributed by atoms with van der Waals surface area (Å²) in [5.74, 6) is -0.761. The highest BCUT2D eigenvalue weighted by molar-refractivity contribution is 6.35. The van der Waals surface area contributed by atoms with Crippen molar-refractivity contribution >= 4 is 61.1 Å². The van der Waals surface area contributed by atoms with Gasteiger partial charge >= 0.3 is 0 Å². The number of hydrogen-bond donors (Lipinski definition) is 0. The summed E-state index contributed by atoms with van der Waals surface area (Å²) < 4.78 is 4.40. The largest absolute Gasteiger partial charge is 0.309 e. The maximum atomic E-state index is 13.7. The molecule has 0 spiro atoms. The van der Waals surface area contributed by atoms with Crippen LogP contribution in [-0.2, 0) is 0 Å². The first-order chi connectivity index (χ1) is 22.5. The van der Waals surface area contributed by atoms with E-state index in [0.717, 1.165) is 49.3 Å². The topological polar surface area (TPSA) is 71.0 Å². The van der Waals surface area contributed by atoms with E-state index < -0.39 is 0 Å². The molecular weight excluding hydrogens is 568 g/mol. The second kappa shape index (κ2) is 9.52. The molecule has 6 aromatic carbocycles. The van der Waals surface area contributed by atoms with Gasteiger partial charge in [-0.3, -0.25) is 9.59 Å². The van der Waals surface area contributed by atoms with Gasteiger partial charge in [0.15, 0.2) is 0 Å². The predicted molar refractivity (Wildman–Crippen MR) is 182 cm³/mol. The first-order valence-electron chi connectivity index (χ1n) is 15.1. The van der Waals surface area contributed by atoms with Crippen molar-refractivity contribution in [1.82, 2.24) is 9.13 Å². The summed E-state index contributed by atoms with van der Waals surface area (Å²) in [5, 5.41) is 14.3. The van der Waals surface area contributed by atoms with Crippen LogP contribution >= 0.6 is 0 Å². The molecule has 0 bridgehead atoms. The zero-order valence-corrected chi connectivity index (χ0v) is 24.7.